The minimum atomic E-state index is -0.640. The first-order valence-electron chi connectivity index (χ1n) is 12.8. The summed E-state index contributed by atoms with van der Waals surface area (Å²) in [5.74, 6) is 1.00. The summed E-state index contributed by atoms with van der Waals surface area (Å²) in [6.45, 7) is 9.94. The smallest absolute Gasteiger partial charge is 0.362 e. The van der Waals surface area contributed by atoms with Crippen molar-refractivity contribution in [2.75, 3.05) is 13.2 Å². The molecule has 1 saturated carbocycles. The predicted octanol–water partition coefficient (Wildman–Crippen LogP) is 5.20. The molecule has 2 aliphatic rings. The van der Waals surface area contributed by atoms with E-state index in [1.54, 1.807) is 11.5 Å². The topological polar surface area (TPSA) is 64.4 Å². The first-order valence-corrected chi connectivity index (χ1v) is 12.8. The van der Waals surface area contributed by atoms with Crippen molar-refractivity contribution in [1.29, 1.82) is 0 Å². The van der Waals surface area contributed by atoms with E-state index in [1.165, 1.54) is 38.5 Å². The number of likely N-dealkylation sites (tertiary alicyclic amines) is 1. The Morgan fingerprint density at radius 3 is 2.55 bits per heavy atom. The summed E-state index contributed by atoms with van der Waals surface area (Å²) in [4.78, 5) is 32.9. The van der Waals surface area contributed by atoms with Crippen molar-refractivity contribution >= 4 is 17.0 Å². The normalized spacial score (nSPS) is 24.9. The number of ether oxygens (including phenoxy) is 1. The van der Waals surface area contributed by atoms with Crippen LogP contribution in [0.1, 0.15) is 89.2 Å². The van der Waals surface area contributed by atoms with Gasteiger partial charge >= 0.3 is 5.97 Å². The average Bonchev–Trinajstić information content (AvgIpc) is 3.26. The van der Waals surface area contributed by atoms with Crippen molar-refractivity contribution in [3.05, 3.63) is 40.3 Å². The minimum Gasteiger partial charge on any atom is -0.461 e. The highest BCUT2D eigenvalue weighted by molar-refractivity contribution is 5.89. The van der Waals surface area contributed by atoms with Gasteiger partial charge in [0.05, 0.1) is 17.6 Å². The van der Waals surface area contributed by atoms with Crippen LogP contribution >= 0.6 is 0 Å². The van der Waals surface area contributed by atoms with E-state index in [2.05, 4.69) is 30.7 Å². The molecule has 0 unspecified atom stereocenters. The van der Waals surface area contributed by atoms with Gasteiger partial charge in [0, 0.05) is 18.1 Å². The number of carbonyl (C=O) groups is 1. The molecule has 6 nitrogen and oxygen atoms in total. The number of fused-ring (bicyclic) bond motifs is 1. The molecular weight excluding hydrogens is 414 g/mol. The Bertz CT molecular complexity index is 1020. The molecule has 2 atom stereocenters. The molecule has 6 heteroatoms. The first kappa shape index (κ1) is 23.9. The predicted molar refractivity (Wildman–Crippen MR) is 132 cm³/mol. The highest BCUT2D eigenvalue weighted by atomic mass is 16.5. The largest absolute Gasteiger partial charge is 0.461 e. The van der Waals surface area contributed by atoms with E-state index in [0.717, 1.165) is 30.3 Å². The van der Waals surface area contributed by atoms with Gasteiger partial charge in [-0.3, -0.25) is 9.69 Å². The molecule has 1 aliphatic heterocycles. The van der Waals surface area contributed by atoms with Gasteiger partial charge in [-0.1, -0.05) is 26.0 Å². The van der Waals surface area contributed by atoms with Crippen LogP contribution < -0.4 is 5.56 Å². The van der Waals surface area contributed by atoms with Crippen LogP contribution in [-0.4, -0.2) is 45.7 Å². The SMILES string of the molecule is CCOC(=O)c1nc2ccccc2n([C@@H](C)C[C@@H]2CCCN2C2CCC(C(C)C)CC2)c1=O. The first-order chi connectivity index (χ1) is 15.9. The van der Waals surface area contributed by atoms with Crippen LogP contribution in [0.4, 0.5) is 0 Å². The quantitative estimate of drug-likeness (QED) is 0.539. The molecule has 1 saturated heterocycles. The van der Waals surface area contributed by atoms with Crippen molar-refractivity contribution in [2.45, 2.75) is 90.8 Å². The van der Waals surface area contributed by atoms with E-state index in [-0.39, 0.29) is 23.9 Å². The lowest BCUT2D eigenvalue weighted by atomic mass is 9.79. The second-order valence-electron chi connectivity index (χ2n) is 10.3. The number of hydrogen-bond donors (Lipinski definition) is 0. The Labute approximate surface area is 197 Å². The third-order valence-corrected chi connectivity index (χ3v) is 7.89. The van der Waals surface area contributed by atoms with Crippen LogP contribution in [-0.2, 0) is 4.74 Å². The number of carbonyl (C=O) groups excluding carboxylic acids is 1. The second-order valence-corrected chi connectivity index (χ2v) is 10.3. The molecule has 0 amide bonds. The van der Waals surface area contributed by atoms with Crippen molar-refractivity contribution in [1.82, 2.24) is 14.5 Å². The number of aromatic nitrogens is 2. The average molecular weight is 454 g/mol. The van der Waals surface area contributed by atoms with Gasteiger partial charge in [-0.05, 0) is 89.3 Å². The number of hydrogen-bond acceptors (Lipinski definition) is 5. The van der Waals surface area contributed by atoms with Gasteiger partial charge in [-0.2, -0.15) is 0 Å². The molecule has 1 aliphatic carbocycles. The van der Waals surface area contributed by atoms with Crippen LogP contribution in [0.2, 0.25) is 0 Å². The summed E-state index contributed by atoms with van der Waals surface area (Å²) in [5, 5.41) is 0. The lowest BCUT2D eigenvalue weighted by Gasteiger charge is -2.39. The number of benzene rings is 1. The summed E-state index contributed by atoms with van der Waals surface area (Å²) in [6, 6.07) is 8.70. The third kappa shape index (κ3) is 5.01. The Balaban J connectivity index is 1.57. The van der Waals surface area contributed by atoms with Crippen LogP contribution in [0, 0.1) is 11.8 Å². The Kier molecular flexibility index (Phi) is 7.52. The van der Waals surface area contributed by atoms with Gasteiger partial charge in [0.25, 0.3) is 5.56 Å². The Hall–Kier alpha value is -2.21. The maximum atomic E-state index is 13.4. The van der Waals surface area contributed by atoms with E-state index in [1.807, 2.05) is 24.3 Å². The fourth-order valence-corrected chi connectivity index (χ4v) is 6.12. The van der Waals surface area contributed by atoms with Crippen molar-refractivity contribution in [3.8, 4) is 0 Å². The Morgan fingerprint density at radius 1 is 1.12 bits per heavy atom. The number of rotatable bonds is 7. The molecule has 180 valence electrons. The molecule has 33 heavy (non-hydrogen) atoms. The molecule has 2 heterocycles. The van der Waals surface area contributed by atoms with Crippen LogP contribution in [0.3, 0.4) is 0 Å². The molecule has 0 bridgehead atoms. The fourth-order valence-electron chi connectivity index (χ4n) is 6.12. The lowest BCUT2D eigenvalue weighted by molar-refractivity contribution is 0.0516. The maximum absolute atomic E-state index is 13.4. The van der Waals surface area contributed by atoms with Crippen LogP contribution in [0.5, 0.6) is 0 Å². The summed E-state index contributed by atoms with van der Waals surface area (Å²) >= 11 is 0. The molecule has 2 aromatic rings. The lowest BCUT2D eigenvalue weighted by Crippen LogP contribution is -2.43. The van der Waals surface area contributed by atoms with Gasteiger partial charge in [-0.15, -0.1) is 0 Å². The van der Waals surface area contributed by atoms with Crippen LogP contribution in [0.25, 0.3) is 11.0 Å². The number of esters is 1. The summed E-state index contributed by atoms with van der Waals surface area (Å²) in [7, 11) is 0. The van der Waals surface area contributed by atoms with Gasteiger partial charge in [0.2, 0.25) is 5.69 Å². The van der Waals surface area contributed by atoms with E-state index in [0.29, 0.717) is 17.6 Å². The summed E-state index contributed by atoms with van der Waals surface area (Å²) < 4.78 is 6.90. The van der Waals surface area contributed by atoms with Gasteiger partial charge in [-0.25, -0.2) is 9.78 Å². The molecule has 1 aromatic heterocycles. The second kappa shape index (κ2) is 10.4. The van der Waals surface area contributed by atoms with Crippen molar-refractivity contribution in [2.24, 2.45) is 11.8 Å². The van der Waals surface area contributed by atoms with E-state index >= 15 is 0 Å². The Morgan fingerprint density at radius 2 is 1.85 bits per heavy atom. The summed E-state index contributed by atoms with van der Waals surface area (Å²) in [6.07, 6.45) is 8.55. The van der Waals surface area contributed by atoms with Crippen molar-refractivity contribution < 1.29 is 9.53 Å². The van der Waals surface area contributed by atoms with Gasteiger partial charge in [0.15, 0.2) is 0 Å². The molecule has 2 fully saturated rings. The van der Waals surface area contributed by atoms with Gasteiger partial charge < -0.3 is 9.30 Å². The number of nitrogens with zero attached hydrogens (tertiary/aromatic N) is 3. The van der Waals surface area contributed by atoms with E-state index < -0.39 is 5.97 Å². The van der Waals surface area contributed by atoms with E-state index in [4.69, 9.17) is 4.74 Å². The van der Waals surface area contributed by atoms with Gasteiger partial charge in [0.1, 0.15) is 0 Å². The van der Waals surface area contributed by atoms with E-state index in [9.17, 15) is 9.59 Å². The fraction of sp³-hybridized carbons (Fsp3) is 0.667. The highest BCUT2D eigenvalue weighted by Gasteiger charge is 2.35. The molecule has 0 N–H and O–H groups in total. The molecule has 4 rings (SSSR count). The molecular formula is C27H39N3O3. The standard InChI is InChI=1S/C27H39N3O3/c1-5-33-27(32)25-26(31)30(24-11-7-6-10-23(24)28-25)19(4)17-22-9-8-16-29(22)21-14-12-20(13-15-21)18(2)3/h6-7,10-11,18-22H,5,8-9,12-17H2,1-4H3/t19-,20?,21?,22-/m0/s1. The van der Waals surface area contributed by atoms with Crippen molar-refractivity contribution in [3.63, 3.8) is 0 Å². The molecule has 0 radical (unpaired) electrons. The maximum Gasteiger partial charge on any atom is 0.362 e. The zero-order valence-corrected chi connectivity index (χ0v) is 20.6. The molecule has 1 aromatic carbocycles. The highest BCUT2D eigenvalue weighted by Crippen LogP contribution is 2.36. The van der Waals surface area contributed by atoms with Crippen LogP contribution in [0.15, 0.2) is 29.1 Å². The monoisotopic (exact) mass is 453 g/mol. The third-order valence-electron chi connectivity index (χ3n) is 7.89. The zero-order valence-electron chi connectivity index (χ0n) is 20.6. The molecule has 0 spiro atoms. The number of para-hydroxylation sites is 2. The zero-order chi connectivity index (χ0) is 23.5. The minimum absolute atomic E-state index is 0.0313. The summed E-state index contributed by atoms with van der Waals surface area (Å²) in [5.41, 5.74) is 0.978.